The first-order valence-corrected chi connectivity index (χ1v) is 7.21. The number of nitrogens with one attached hydrogen (secondary N) is 1. The highest BCUT2D eigenvalue weighted by molar-refractivity contribution is 5.41. The molecule has 0 aromatic carbocycles. The summed E-state index contributed by atoms with van der Waals surface area (Å²) in [6.45, 7) is 12.1. The van der Waals surface area contributed by atoms with Gasteiger partial charge in [-0.2, -0.15) is 0 Å². The van der Waals surface area contributed by atoms with Gasteiger partial charge in [-0.25, -0.2) is 0 Å². The molecule has 1 heteroatoms. The largest absolute Gasteiger partial charge is 0.310 e. The molecule has 0 aromatic heterocycles. The Morgan fingerprint density at radius 3 is 2.42 bits per heavy atom. The van der Waals surface area contributed by atoms with Gasteiger partial charge in [-0.15, -0.1) is 6.58 Å². The summed E-state index contributed by atoms with van der Waals surface area (Å²) in [5.41, 5.74) is 2.54. The van der Waals surface area contributed by atoms with E-state index in [1.54, 1.807) is 0 Å². The number of rotatable bonds is 10. The lowest BCUT2D eigenvalue weighted by molar-refractivity contribution is 0.788. The molecule has 0 amide bonds. The van der Waals surface area contributed by atoms with E-state index in [4.69, 9.17) is 0 Å². The zero-order valence-corrected chi connectivity index (χ0v) is 12.8. The van der Waals surface area contributed by atoms with Gasteiger partial charge in [0.1, 0.15) is 0 Å². The van der Waals surface area contributed by atoms with Crippen LogP contribution in [0.3, 0.4) is 0 Å². The van der Waals surface area contributed by atoms with Gasteiger partial charge in [0, 0.05) is 6.04 Å². The van der Waals surface area contributed by atoms with Crippen molar-refractivity contribution in [1.82, 2.24) is 5.32 Å². The van der Waals surface area contributed by atoms with Crippen LogP contribution >= 0.6 is 0 Å². The molecule has 0 fully saturated rings. The molecule has 0 saturated carbocycles. The molecule has 0 radical (unpaired) electrons. The Balaban J connectivity index is 4.96. The molecule has 1 N–H and O–H groups in total. The van der Waals surface area contributed by atoms with E-state index in [1.807, 2.05) is 19.2 Å². The molecular weight excluding hydrogens is 230 g/mol. The van der Waals surface area contributed by atoms with Gasteiger partial charge in [0.2, 0.25) is 0 Å². The Bertz CT molecular complexity index is 345. The quantitative estimate of drug-likeness (QED) is 0.432. The topological polar surface area (TPSA) is 12.0 Å². The van der Waals surface area contributed by atoms with E-state index >= 15 is 0 Å². The lowest BCUT2D eigenvalue weighted by Crippen LogP contribution is -2.20. The van der Waals surface area contributed by atoms with Gasteiger partial charge in [-0.3, -0.25) is 0 Å². The molecule has 0 aliphatic carbocycles. The molecule has 106 valence electrons. The van der Waals surface area contributed by atoms with E-state index in [2.05, 4.69) is 56.6 Å². The average Bonchev–Trinajstić information content (AvgIpc) is 2.44. The monoisotopic (exact) mass is 259 g/mol. The summed E-state index contributed by atoms with van der Waals surface area (Å²) in [5, 5.41) is 3.20. The average molecular weight is 259 g/mol. The lowest BCUT2D eigenvalue weighted by atomic mass is 9.98. The molecule has 0 rings (SSSR count). The molecule has 0 bridgehead atoms. The van der Waals surface area contributed by atoms with Crippen LogP contribution in [0.5, 0.6) is 0 Å². The van der Waals surface area contributed by atoms with Crippen molar-refractivity contribution in [3.05, 3.63) is 60.8 Å². The van der Waals surface area contributed by atoms with Gasteiger partial charge >= 0.3 is 0 Å². The standard InChI is InChI=1S/C18H29N/c1-6-10-11-12-14-17(13-7-2)16(8-3)15-18(9-4)19-5/h8-9,11-13,15,18-19H,3-4,6-7,10,14H2,1-2,5H3/b12-11-,16-15?,17-13+. The van der Waals surface area contributed by atoms with Gasteiger partial charge < -0.3 is 5.32 Å². The van der Waals surface area contributed by atoms with Crippen molar-refractivity contribution in [1.29, 1.82) is 0 Å². The van der Waals surface area contributed by atoms with Crippen LogP contribution in [0.2, 0.25) is 0 Å². The van der Waals surface area contributed by atoms with Gasteiger partial charge in [0.25, 0.3) is 0 Å². The van der Waals surface area contributed by atoms with Crippen LogP contribution in [0.15, 0.2) is 60.8 Å². The number of likely N-dealkylation sites (N-methyl/N-ethyl adjacent to an activating group) is 1. The molecule has 0 aliphatic rings. The minimum absolute atomic E-state index is 0.188. The number of unbranched alkanes of at least 4 members (excludes halogenated alkanes) is 1. The summed E-state index contributed by atoms with van der Waals surface area (Å²) >= 11 is 0. The molecular formula is C18H29N. The molecule has 0 heterocycles. The first-order chi connectivity index (χ1) is 9.23. The minimum atomic E-state index is 0.188. The van der Waals surface area contributed by atoms with E-state index in [9.17, 15) is 0 Å². The van der Waals surface area contributed by atoms with Crippen molar-refractivity contribution in [3.8, 4) is 0 Å². The molecule has 1 unspecified atom stereocenters. The zero-order valence-electron chi connectivity index (χ0n) is 12.8. The molecule has 1 nitrogen and oxygen atoms in total. The SMILES string of the molecule is C=CC(=CC(C=C)NC)/C(=C/CC)C/C=C\CCC. The van der Waals surface area contributed by atoms with Crippen molar-refractivity contribution in [2.75, 3.05) is 7.05 Å². The van der Waals surface area contributed by atoms with Gasteiger partial charge in [0.15, 0.2) is 0 Å². The van der Waals surface area contributed by atoms with Crippen LogP contribution in [0.4, 0.5) is 0 Å². The Hall–Kier alpha value is -1.34. The summed E-state index contributed by atoms with van der Waals surface area (Å²) in [6.07, 6.45) is 17.2. The number of allylic oxidation sites excluding steroid dienone is 6. The summed E-state index contributed by atoms with van der Waals surface area (Å²) in [5.74, 6) is 0. The highest BCUT2D eigenvalue weighted by Gasteiger charge is 2.03. The fourth-order valence-electron chi connectivity index (χ4n) is 1.83. The maximum absolute atomic E-state index is 3.93. The van der Waals surface area contributed by atoms with Crippen molar-refractivity contribution in [2.24, 2.45) is 0 Å². The predicted molar refractivity (Wildman–Crippen MR) is 88.4 cm³/mol. The fourth-order valence-corrected chi connectivity index (χ4v) is 1.83. The Morgan fingerprint density at radius 2 is 1.95 bits per heavy atom. The second kappa shape index (κ2) is 11.7. The fraction of sp³-hybridized carbons (Fsp3) is 0.444. The number of hydrogen-bond donors (Lipinski definition) is 1. The number of hydrogen-bond acceptors (Lipinski definition) is 1. The Morgan fingerprint density at radius 1 is 1.21 bits per heavy atom. The maximum atomic E-state index is 3.93. The third kappa shape index (κ3) is 7.63. The van der Waals surface area contributed by atoms with Crippen molar-refractivity contribution < 1.29 is 0 Å². The van der Waals surface area contributed by atoms with E-state index in [-0.39, 0.29) is 6.04 Å². The van der Waals surface area contributed by atoms with Gasteiger partial charge in [-0.05, 0) is 37.5 Å². The zero-order chi connectivity index (χ0) is 14.5. The molecule has 0 spiro atoms. The van der Waals surface area contributed by atoms with E-state index in [0.717, 1.165) is 19.3 Å². The van der Waals surface area contributed by atoms with E-state index < -0.39 is 0 Å². The van der Waals surface area contributed by atoms with Crippen LogP contribution in [0, 0.1) is 0 Å². The first kappa shape index (κ1) is 17.7. The highest BCUT2D eigenvalue weighted by atomic mass is 14.8. The highest BCUT2D eigenvalue weighted by Crippen LogP contribution is 2.18. The Kier molecular flexibility index (Phi) is 10.9. The van der Waals surface area contributed by atoms with Gasteiger partial charge in [-0.1, -0.05) is 63.3 Å². The molecule has 1 atom stereocenters. The van der Waals surface area contributed by atoms with E-state index in [1.165, 1.54) is 17.6 Å². The third-order valence-electron chi connectivity index (χ3n) is 2.95. The Labute approximate surface area is 119 Å². The minimum Gasteiger partial charge on any atom is -0.310 e. The summed E-state index contributed by atoms with van der Waals surface area (Å²) in [6, 6.07) is 0.188. The second-order valence-electron chi connectivity index (χ2n) is 4.48. The van der Waals surface area contributed by atoms with Crippen molar-refractivity contribution in [2.45, 2.75) is 45.6 Å². The maximum Gasteiger partial charge on any atom is 0.0439 e. The summed E-state index contributed by atoms with van der Waals surface area (Å²) in [7, 11) is 1.94. The van der Waals surface area contributed by atoms with Crippen molar-refractivity contribution >= 4 is 0 Å². The summed E-state index contributed by atoms with van der Waals surface area (Å²) in [4.78, 5) is 0. The normalized spacial score (nSPS) is 14.7. The van der Waals surface area contributed by atoms with E-state index in [0.29, 0.717) is 0 Å². The van der Waals surface area contributed by atoms with Crippen LogP contribution in [-0.4, -0.2) is 13.1 Å². The summed E-state index contributed by atoms with van der Waals surface area (Å²) < 4.78 is 0. The van der Waals surface area contributed by atoms with Crippen LogP contribution in [0.25, 0.3) is 0 Å². The second-order valence-corrected chi connectivity index (χ2v) is 4.48. The van der Waals surface area contributed by atoms with Crippen molar-refractivity contribution in [3.63, 3.8) is 0 Å². The molecule has 0 saturated heterocycles. The molecule has 0 aromatic rings. The third-order valence-corrected chi connectivity index (χ3v) is 2.95. The first-order valence-electron chi connectivity index (χ1n) is 7.21. The molecule has 0 aliphatic heterocycles. The van der Waals surface area contributed by atoms with Gasteiger partial charge in [0.05, 0.1) is 0 Å². The van der Waals surface area contributed by atoms with Crippen LogP contribution in [0.1, 0.15) is 39.5 Å². The van der Waals surface area contributed by atoms with Crippen LogP contribution in [-0.2, 0) is 0 Å². The smallest absolute Gasteiger partial charge is 0.0439 e. The molecule has 19 heavy (non-hydrogen) atoms. The predicted octanol–water partition coefficient (Wildman–Crippen LogP) is 4.96. The lowest BCUT2D eigenvalue weighted by Gasteiger charge is -2.11. The van der Waals surface area contributed by atoms with Crippen LogP contribution < -0.4 is 5.32 Å².